The molecule has 0 saturated heterocycles. The number of rotatable bonds is 8. The molecule has 0 amide bonds. The first-order chi connectivity index (χ1) is 20.4. The van der Waals surface area contributed by atoms with E-state index in [0.717, 1.165) is 46.4 Å². The third kappa shape index (κ3) is 4.51. The Kier molecular flexibility index (Phi) is 6.91. The first-order valence-electron chi connectivity index (χ1n) is 15.1. The summed E-state index contributed by atoms with van der Waals surface area (Å²) in [6.45, 7) is 9.31. The molecule has 3 aromatic carbocycles. The van der Waals surface area contributed by atoms with E-state index < -0.39 is 11.4 Å². The molecule has 2 heterocycles. The van der Waals surface area contributed by atoms with E-state index in [-0.39, 0.29) is 23.4 Å². The van der Waals surface area contributed by atoms with Crippen LogP contribution in [-0.2, 0) is 20.4 Å². The van der Waals surface area contributed by atoms with Gasteiger partial charge >= 0.3 is 5.97 Å². The highest BCUT2D eigenvalue weighted by Crippen LogP contribution is 2.49. The minimum Gasteiger partial charge on any atom is -0.506 e. The lowest BCUT2D eigenvalue weighted by atomic mass is 9.77. The number of carbonyl (C=O) groups is 2. The fourth-order valence-corrected chi connectivity index (χ4v) is 7.10. The van der Waals surface area contributed by atoms with Crippen molar-refractivity contribution >= 4 is 39.6 Å². The van der Waals surface area contributed by atoms with Crippen LogP contribution >= 0.6 is 0 Å². The maximum absolute atomic E-state index is 13.7. The summed E-state index contributed by atoms with van der Waals surface area (Å²) in [6, 6.07) is 20.9. The monoisotopic (exact) mass is 575 g/mol. The van der Waals surface area contributed by atoms with Crippen LogP contribution in [0.15, 0.2) is 95.4 Å². The highest BCUT2D eigenvalue weighted by Gasteiger charge is 2.47. The number of fused-ring (bicyclic) bond motifs is 4. The molecule has 1 aliphatic carbocycles. The van der Waals surface area contributed by atoms with Gasteiger partial charge in [0.05, 0.1) is 21.9 Å². The van der Waals surface area contributed by atoms with E-state index in [2.05, 4.69) is 73.6 Å². The molecule has 6 nitrogen and oxygen atoms in total. The standard InChI is InChI=1S/C37H38N2O4/c1-36(2)27-15-10-11-16-29(27)38(5)30(36)21-25-34(42)26(35(25)43)22-31-37(3,4)28-19-18-23-13-8-9-14-24(23)33(28)39(31)20-12-6-7-17-32(40)41/h8-11,13-16,18-19,21-22H,6-7,12,17,20H2,1-5H3,(H-,40,41,42,43)/p+1. The van der Waals surface area contributed by atoms with Gasteiger partial charge in [-0.2, -0.15) is 4.58 Å². The molecular formula is C37H39N2O4+. The average molecular weight is 576 g/mol. The number of aliphatic carboxylic acids is 1. The number of hydrogen-bond donors (Lipinski definition) is 2. The Bertz CT molecular complexity index is 1820. The highest BCUT2D eigenvalue weighted by molar-refractivity contribution is 6.24. The molecule has 220 valence electrons. The molecule has 43 heavy (non-hydrogen) atoms. The van der Waals surface area contributed by atoms with E-state index in [1.807, 2.05) is 43.5 Å². The van der Waals surface area contributed by atoms with Crippen LogP contribution in [0.3, 0.4) is 0 Å². The number of ketones is 1. The zero-order chi connectivity index (χ0) is 30.7. The minimum absolute atomic E-state index is 0.0307. The van der Waals surface area contributed by atoms with Crippen LogP contribution in [0.2, 0.25) is 0 Å². The first-order valence-corrected chi connectivity index (χ1v) is 15.1. The highest BCUT2D eigenvalue weighted by atomic mass is 16.4. The third-order valence-corrected chi connectivity index (χ3v) is 9.55. The van der Waals surface area contributed by atoms with Crippen molar-refractivity contribution in [2.75, 3.05) is 18.5 Å². The van der Waals surface area contributed by atoms with Gasteiger partial charge in [0.25, 0.3) is 0 Å². The Morgan fingerprint density at radius 1 is 0.884 bits per heavy atom. The number of aliphatic hydroxyl groups excluding tert-OH is 1. The van der Waals surface area contributed by atoms with Gasteiger partial charge in [-0.25, -0.2) is 0 Å². The molecule has 0 saturated carbocycles. The van der Waals surface area contributed by atoms with Gasteiger partial charge in [0, 0.05) is 48.3 Å². The summed E-state index contributed by atoms with van der Waals surface area (Å²) in [7, 11) is 2.00. The summed E-state index contributed by atoms with van der Waals surface area (Å²) in [4.78, 5) is 26.8. The van der Waals surface area contributed by atoms with Crippen LogP contribution in [0.1, 0.15) is 64.5 Å². The van der Waals surface area contributed by atoms with E-state index in [1.165, 1.54) is 11.1 Å². The Hall–Kier alpha value is -4.45. The number of aliphatic hydroxyl groups is 1. The number of Topliss-reactive ketones (excluding diaryl/α,β-unsaturated/α-hetero) is 1. The van der Waals surface area contributed by atoms with Gasteiger partial charge in [0.15, 0.2) is 5.71 Å². The molecule has 3 aromatic rings. The number of allylic oxidation sites excluding steroid dienone is 5. The molecule has 0 bridgehead atoms. The second kappa shape index (κ2) is 10.4. The van der Waals surface area contributed by atoms with Crippen molar-refractivity contribution in [2.45, 2.75) is 64.2 Å². The van der Waals surface area contributed by atoms with Crippen molar-refractivity contribution in [1.82, 2.24) is 0 Å². The second-order valence-electron chi connectivity index (χ2n) is 12.9. The van der Waals surface area contributed by atoms with Crippen molar-refractivity contribution in [3.8, 4) is 0 Å². The Morgan fingerprint density at radius 2 is 1.60 bits per heavy atom. The lowest BCUT2D eigenvalue weighted by Crippen LogP contribution is -2.31. The third-order valence-electron chi connectivity index (χ3n) is 9.55. The maximum atomic E-state index is 13.7. The van der Waals surface area contributed by atoms with E-state index in [4.69, 9.17) is 5.11 Å². The van der Waals surface area contributed by atoms with Crippen LogP contribution in [0.25, 0.3) is 10.8 Å². The summed E-state index contributed by atoms with van der Waals surface area (Å²) in [5.41, 5.74) is 6.49. The van der Waals surface area contributed by atoms with E-state index in [1.54, 1.807) is 0 Å². The van der Waals surface area contributed by atoms with Crippen molar-refractivity contribution < 1.29 is 24.4 Å². The Balaban J connectivity index is 1.41. The number of carboxylic acid groups (broad SMARTS) is 1. The van der Waals surface area contributed by atoms with Gasteiger partial charge in [-0.05, 0) is 55.8 Å². The van der Waals surface area contributed by atoms with Gasteiger partial charge in [0.2, 0.25) is 11.5 Å². The zero-order valence-corrected chi connectivity index (χ0v) is 25.6. The van der Waals surface area contributed by atoms with Crippen molar-refractivity contribution in [3.63, 3.8) is 0 Å². The molecule has 0 radical (unpaired) electrons. The predicted octanol–water partition coefficient (Wildman–Crippen LogP) is 7.49. The Labute approximate surface area is 253 Å². The lowest BCUT2D eigenvalue weighted by molar-refractivity contribution is -0.436. The Morgan fingerprint density at radius 3 is 2.33 bits per heavy atom. The fourth-order valence-electron chi connectivity index (χ4n) is 7.10. The summed E-state index contributed by atoms with van der Waals surface area (Å²) < 4.78 is 2.28. The number of benzene rings is 3. The first kappa shape index (κ1) is 28.7. The van der Waals surface area contributed by atoms with Crippen molar-refractivity contribution in [1.29, 1.82) is 0 Å². The molecule has 0 atom stereocenters. The smallest absolute Gasteiger partial charge is 0.303 e. The molecule has 0 aromatic heterocycles. The van der Waals surface area contributed by atoms with Gasteiger partial charge < -0.3 is 15.1 Å². The van der Waals surface area contributed by atoms with E-state index >= 15 is 0 Å². The molecule has 6 heteroatoms. The predicted molar refractivity (Wildman–Crippen MR) is 172 cm³/mol. The molecular weight excluding hydrogens is 536 g/mol. The normalized spacial score (nSPS) is 20.3. The second-order valence-corrected chi connectivity index (χ2v) is 12.9. The summed E-state index contributed by atoms with van der Waals surface area (Å²) in [5, 5.41) is 22.7. The van der Waals surface area contributed by atoms with Crippen LogP contribution in [0, 0.1) is 0 Å². The number of unbranched alkanes of at least 4 members (excludes halogenated alkanes) is 2. The molecule has 2 aliphatic heterocycles. The number of carboxylic acids is 1. The van der Waals surface area contributed by atoms with Gasteiger partial charge in [-0.3, -0.25) is 9.59 Å². The largest absolute Gasteiger partial charge is 0.506 e. The van der Waals surface area contributed by atoms with E-state index in [9.17, 15) is 14.7 Å². The molecule has 6 rings (SSSR count). The molecule has 0 spiro atoms. The number of anilines is 1. The molecule has 0 fully saturated rings. The minimum atomic E-state index is -0.775. The van der Waals surface area contributed by atoms with Crippen LogP contribution in [0.4, 0.5) is 11.4 Å². The number of likely N-dealkylation sites (N-methyl/N-ethyl adjacent to an activating group) is 1. The average Bonchev–Trinajstić information content (AvgIpc) is 3.32. The lowest BCUT2D eigenvalue weighted by Gasteiger charge is -2.27. The van der Waals surface area contributed by atoms with Crippen molar-refractivity contribution in [2.24, 2.45) is 0 Å². The van der Waals surface area contributed by atoms with Crippen LogP contribution < -0.4 is 4.90 Å². The number of nitrogens with zero attached hydrogens (tertiary/aromatic N) is 2. The van der Waals surface area contributed by atoms with Gasteiger partial charge in [-0.15, -0.1) is 0 Å². The molecule has 2 N–H and O–H groups in total. The maximum Gasteiger partial charge on any atom is 0.303 e. The SMILES string of the molecule is CN1C(=CC2=C(O)/C(=C/C3=[N+](CCCCCC(=O)O)c4c(ccc5ccccc45)C3(C)C)C2=O)C(C)(C)c2ccccc21. The topological polar surface area (TPSA) is 80.8 Å². The molecule has 3 aliphatic rings. The summed E-state index contributed by atoms with van der Waals surface area (Å²) in [5.74, 6) is -0.901. The molecule has 0 unspecified atom stereocenters. The van der Waals surface area contributed by atoms with Crippen LogP contribution in [-0.4, -0.2) is 45.8 Å². The number of hydrogen-bond acceptors (Lipinski definition) is 4. The zero-order valence-electron chi connectivity index (χ0n) is 25.6. The van der Waals surface area contributed by atoms with Crippen molar-refractivity contribution in [3.05, 3.63) is 107 Å². The number of carbonyl (C=O) groups excluding carboxylic acids is 1. The van der Waals surface area contributed by atoms with Crippen LogP contribution in [0.5, 0.6) is 0 Å². The summed E-state index contributed by atoms with van der Waals surface area (Å²) >= 11 is 0. The quantitative estimate of drug-likeness (QED) is 0.165. The number of para-hydroxylation sites is 1. The summed E-state index contributed by atoms with van der Waals surface area (Å²) in [6.07, 6.45) is 6.12. The van der Waals surface area contributed by atoms with E-state index in [0.29, 0.717) is 24.1 Å². The fraction of sp³-hybridized carbons (Fsp3) is 0.324. The van der Waals surface area contributed by atoms with Gasteiger partial charge in [0.1, 0.15) is 12.3 Å². The van der Waals surface area contributed by atoms with Gasteiger partial charge in [-0.1, -0.05) is 62.4 Å².